The summed E-state index contributed by atoms with van der Waals surface area (Å²) < 4.78 is 0. The van der Waals surface area contributed by atoms with E-state index in [9.17, 15) is 9.59 Å². The molecule has 7 nitrogen and oxygen atoms in total. The Hall–Kier alpha value is -2.48. The molecule has 0 spiro atoms. The molecule has 3 rings (SSSR count). The van der Waals surface area contributed by atoms with Crippen molar-refractivity contribution in [2.75, 3.05) is 31.1 Å². The Balaban J connectivity index is 1.57. The number of hydrogen-bond donors (Lipinski definition) is 1. The minimum Gasteiger partial charge on any atom is -0.478 e. The zero-order valence-corrected chi connectivity index (χ0v) is 14.1. The third-order valence-corrected chi connectivity index (χ3v) is 4.95. The van der Waals surface area contributed by atoms with Crippen LogP contribution in [0, 0.1) is 6.92 Å². The maximum atomic E-state index is 12.4. The molecule has 0 unspecified atom stereocenters. The zero-order valence-electron chi connectivity index (χ0n) is 13.3. The molecule has 8 heteroatoms. The number of carbonyl (C=O) groups is 2. The summed E-state index contributed by atoms with van der Waals surface area (Å²) in [5.74, 6) is -0.0591. The lowest BCUT2D eigenvalue weighted by Crippen LogP contribution is -2.49. The van der Waals surface area contributed by atoms with Gasteiger partial charge >= 0.3 is 5.97 Å². The van der Waals surface area contributed by atoms with E-state index in [1.807, 2.05) is 11.8 Å². The summed E-state index contributed by atoms with van der Waals surface area (Å²) in [5, 5.41) is 10.5. The predicted octanol–water partition coefficient (Wildman–Crippen LogP) is 1.44. The minimum absolute atomic E-state index is 0.0318. The molecule has 24 heavy (non-hydrogen) atoms. The number of rotatable bonds is 4. The van der Waals surface area contributed by atoms with E-state index in [1.165, 1.54) is 11.3 Å². The predicted molar refractivity (Wildman–Crippen MR) is 90.5 cm³/mol. The lowest BCUT2D eigenvalue weighted by molar-refractivity contribution is -0.130. The highest BCUT2D eigenvalue weighted by Crippen LogP contribution is 2.19. The van der Waals surface area contributed by atoms with Crippen LogP contribution in [0.1, 0.15) is 20.9 Å². The van der Waals surface area contributed by atoms with Crippen molar-refractivity contribution in [3.63, 3.8) is 0 Å². The van der Waals surface area contributed by atoms with Crippen molar-refractivity contribution in [3.05, 3.63) is 40.0 Å². The van der Waals surface area contributed by atoms with E-state index in [-0.39, 0.29) is 17.9 Å². The van der Waals surface area contributed by atoms with Gasteiger partial charge in [0.2, 0.25) is 5.91 Å². The van der Waals surface area contributed by atoms with Gasteiger partial charge in [0, 0.05) is 48.8 Å². The van der Waals surface area contributed by atoms with Crippen LogP contribution in [0.25, 0.3) is 0 Å². The van der Waals surface area contributed by atoms with Gasteiger partial charge in [-0.1, -0.05) is 0 Å². The number of carboxylic acids is 1. The summed E-state index contributed by atoms with van der Waals surface area (Å²) in [5.41, 5.74) is 1.13. The highest BCUT2D eigenvalue weighted by atomic mass is 32.1. The first-order valence-corrected chi connectivity index (χ1v) is 8.53. The van der Waals surface area contributed by atoms with Gasteiger partial charge < -0.3 is 14.9 Å². The number of nitrogens with zero attached hydrogens (tertiary/aromatic N) is 4. The summed E-state index contributed by atoms with van der Waals surface area (Å²) in [6, 6.07) is 1.57. The molecule has 3 heterocycles. The van der Waals surface area contributed by atoms with Crippen LogP contribution in [0.4, 0.5) is 5.82 Å². The second-order valence-electron chi connectivity index (χ2n) is 5.62. The second kappa shape index (κ2) is 6.96. The van der Waals surface area contributed by atoms with E-state index < -0.39 is 5.97 Å². The van der Waals surface area contributed by atoms with E-state index in [0.717, 1.165) is 29.5 Å². The van der Waals surface area contributed by atoms with Gasteiger partial charge in [0.15, 0.2) is 0 Å². The average Bonchev–Trinajstić information content (AvgIpc) is 3.04. The molecule has 2 aromatic rings. The number of aromatic nitrogens is 2. The molecule has 0 aliphatic carbocycles. The fourth-order valence-electron chi connectivity index (χ4n) is 2.72. The van der Waals surface area contributed by atoms with Crippen molar-refractivity contribution in [2.24, 2.45) is 0 Å². The van der Waals surface area contributed by atoms with Gasteiger partial charge in [0.25, 0.3) is 0 Å². The quantitative estimate of drug-likeness (QED) is 0.901. The minimum atomic E-state index is -0.960. The average molecular weight is 346 g/mol. The standard InChI is InChI=1S/C16H18N4O3S/c1-11-15(18-3-2-17-11)20-6-4-19(5-7-20)14(21)9-13-8-12(10-24-13)16(22)23/h2-3,8,10H,4-7,9H2,1H3,(H,22,23). The number of carbonyl (C=O) groups excluding carboxylic acids is 1. The first-order valence-electron chi connectivity index (χ1n) is 7.65. The van der Waals surface area contributed by atoms with Crippen molar-refractivity contribution in [3.8, 4) is 0 Å². The van der Waals surface area contributed by atoms with Gasteiger partial charge in [0.05, 0.1) is 17.7 Å². The van der Waals surface area contributed by atoms with Crippen LogP contribution in [-0.4, -0.2) is 58.0 Å². The highest BCUT2D eigenvalue weighted by molar-refractivity contribution is 7.10. The molecule has 126 valence electrons. The number of anilines is 1. The van der Waals surface area contributed by atoms with Crippen molar-refractivity contribution in [1.29, 1.82) is 0 Å². The maximum absolute atomic E-state index is 12.4. The van der Waals surface area contributed by atoms with Gasteiger partial charge in [-0.05, 0) is 13.0 Å². The monoisotopic (exact) mass is 346 g/mol. The normalized spacial score (nSPS) is 14.7. The Bertz CT molecular complexity index is 753. The first-order chi connectivity index (χ1) is 11.5. The Morgan fingerprint density at radius 3 is 2.54 bits per heavy atom. The molecule has 1 aliphatic rings. The smallest absolute Gasteiger partial charge is 0.336 e. The Labute approximate surface area is 143 Å². The lowest BCUT2D eigenvalue weighted by Gasteiger charge is -2.35. The van der Waals surface area contributed by atoms with Gasteiger partial charge in [0.1, 0.15) is 5.82 Å². The third-order valence-electron chi connectivity index (χ3n) is 4.01. The van der Waals surface area contributed by atoms with E-state index in [2.05, 4.69) is 14.9 Å². The number of piperazine rings is 1. The van der Waals surface area contributed by atoms with Crippen molar-refractivity contribution in [1.82, 2.24) is 14.9 Å². The topological polar surface area (TPSA) is 86.6 Å². The Morgan fingerprint density at radius 1 is 1.21 bits per heavy atom. The van der Waals surface area contributed by atoms with Crippen LogP contribution in [0.15, 0.2) is 23.8 Å². The summed E-state index contributed by atoms with van der Waals surface area (Å²) in [6.45, 7) is 4.63. The summed E-state index contributed by atoms with van der Waals surface area (Å²) in [7, 11) is 0. The van der Waals surface area contributed by atoms with Crippen LogP contribution < -0.4 is 4.90 Å². The molecular weight excluding hydrogens is 328 g/mol. The van der Waals surface area contributed by atoms with E-state index in [0.29, 0.717) is 13.1 Å². The fraction of sp³-hybridized carbons (Fsp3) is 0.375. The van der Waals surface area contributed by atoms with Gasteiger partial charge in [-0.2, -0.15) is 0 Å². The van der Waals surface area contributed by atoms with Gasteiger partial charge in [-0.15, -0.1) is 11.3 Å². The number of thiophene rings is 1. The number of amides is 1. The maximum Gasteiger partial charge on any atom is 0.336 e. The summed E-state index contributed by atoms with van der Waals surface area (Å²) in [6.07, 6.45) is 3.60. The van der Waals surface area contributed by atoms with Crippen LogP contribution in [-0.2, 0) is 11.2 Å². The molecule has 1 N–H and O–H groups in total. The molecule has 2 aromatic heterocycles. The Kier molecular flexibility index (Phi) is 4.75. The highest BCUT2D eigenvalue weighted by Gasteiger charge is 2.23. The van der Waals surface area contributed by atoms with Crippen molar-refractivity contribution in [2.45, 2.75) is 13.3 Å². The number of aryl methyl sites for hydroxylation is 1. The van der Waals surface area contributed by atoms with E-state index >= 15 is 0 Å². The van der Waals surface area contributed by atoms with Gasteiger partial charge in [-0.25, -0.2) is 9.78 Å². The molecule has 1 amide bonds. The van der Waals surface area contributed by atoms with Crippen LogP contribution in [0.2, 0.25) is 0 Å². The van der Waals surface area contributed by atoms with E-state index in [4.69, 9.17) is 5.11 Å². The Morgan fingerprint density at radius 2 is 1.92 bits per heavy atom. The molecule has 1 fully saturated rings. The molecule has 0 bridgehead atoms. The number of aromatic carboxylic acids is 1. The first kappa shape index (κ1) is 16.4. The fourth-order valence-corrected chi connectivity index (χ4v) is 3.57. The van der Waals surface area contributed by atoms with Crippen LogP contribution in [0.5, 0.6) is 0 Å². The molecular formula is C16H18N4O3S. The van der Waals surface area contributed by atoms with Gasteiger partial charge in [-0.3, -0.25) is 9.78 Å². The SMILES string of the molecule is Cc1nccnc1N1CCN(C(=O)Cc2cc(C(=O)O)cs2)CC1. The summed E-state index contributed by atoms with van der Waals surface area (Å²) >= 11 is 1.31. The van der Waals surface area contributed by atoms with E-state index in [1.54, 1.807) is 23.8 Å². The molecule has 1 saturated heterocycles. The molecule has 0 aromatic carbocycles. The zero-order chi connectivity index (χ0) is 17.1. The lowest BCUT2D eigenvalue weighted by atomic mass is 10.2. The van der Waals surface area contributed by atoms with Crippen molar-refractivity contribution >= 4 is 29.0 Å². The molecule has 0 saturated carbocycles. The second-order valence-corrected chi connectivity index (χ2v) is 6.61. The number of hydrogen-bond acceptors (Lipinski definition) is 6. The summed E-state index contributed by atoms with van der Waals surface area (Å²) in [4.78, 5) is 36.6. The molecule has 1 aliphatic heterocycles. The van der Waals surface area contributed by atoms with Crippen LogP contribution in [0.3, 0.4) is 0 Å². The number of carboxylic acid groups (broad SMARTS) is 1. The largest absolute Gasteiger partial charge is 0.478 e. The third kappa shape index (κ3) is 3.53. The molecule has 0 radical (unpaired) electrons. The van der Waals surface area contributed by atoms with Crippen molar-refractivity contribution < 1.29 is 14.7 Å². The molecule has 0 atom stereocenters. The van der Waals surface area contributed by atoms with Crippen LogP contribution >= 0.6 is 11.3 Å².